The average molecular weight is 441 g/mol. The van der Waals surface area contributed by atoms with E-state index in [1.807, 2.05) is 12.1 Å². The molecule has 3 N–H and O–H groups in total. The van der Waals surface area contributed by atoms with Crippen LogP contribution in [0.3, 0.4) is 0 Å². The van der Waals surface area contributed by atoms with Gasteiger partial charge in [-0.3, -0.25) is 0 Å². The van der Waals surface area contributed by atoms with Crippen LogP contribution in [0.1, 0.15) is 42.1 Å². The summed E-state index contributed by atoms with van der Waals surface area (Å²) >= 11 is 8.13. The average Bonchev–Trinajstić information content (AvgIpc) is 3.07. The molecule has 4 atom stereocenters. The minimum atomic E-state index is -1.20. The van der Waals surface area contributed by atoms with Gasteiger partial charge in [-0.05, 0) is 49.0 Å². The van der Waals surface area contributed by atoms with E-state index in [2.05, 4.69) is 6.07 Å². The van der Waals surface area contributed by atoms with Gasteiger partial charge < -0.3 is 24.8 Å². The van der Waals surface area contributed by atoms with Crippen LogP contribution in [0.15, 0.2) is 29.8 Å². The molecular weight excluding hydrogens is 416 g/mol. The normalized spacial score (nSPS) is 30.8. The molecule has 0 aromatic heterocycles. The lowest BCUT2D eigenvalue weighted by molar-refractivity contribution is -0.153. The summed E-state index contributed by atoms with van der Waals surface area (Å²) in [5.41, 5.74) is 2.62. The number of hydrogen-bond donors (Lipinski definition) is 3. The maximum atomic E-state index is 12.0. The first kappa shape index (κ1) is 21.2. The van der Waals surface area contributed by atoms with Crippen LogP contribution in [0.2, 0.25) is 5.02 Å². The highest BCUT2D eigenvalue weighted by molar-refractivity contribution is 8.00. The first-order chi connectivity index (χ1) is 14.0. The van der Waals surface area contributed by atoms with E-state index in [9.17, 15) is 20.1 Å². The van der Waals surface area contributed by atoms with Gasteiger partial charge in [0.2, 0.25) is 0 Å². The maximum absolute atomic E-state index is 12.0. The molecule has 158 valence electrons. The van der Waals surface area contributed by atoms with Crippen molar-refractivity contribution in [1.82, 2.24) is 0 Å². The number of halogens is 1. The molecular formula is C21H25ClO6S. The fourth-order valence-electron chi connectivity index (χ4n) is 4.54. The van der Waals surface area contributed by atoms with Crippen molar-refractivity contribution < 1.29 is 29.6 Å². The predicted molar refractivity (Wildman–Crippen MR) is 110 cm³/mol. The van der Waals surface area contributed by atoms with Gasteiger partial charge in [-0.2, -0.15) is 0 Å². The summed E-state index contributed by atoms with van der Waals surface area (Å²) in [6.45, 7) is -0.586. The highest BCUT2D eigenvalue weighted by atomic mass is 35.5. The minimum Gasteiger partial charge on any atom is -0.478 e. The number of benzene rings is 1. The zero-order valence-electron chi connectivity index (χ0n) is 15.9. The summed E-state index contributed by atoms with van der Waals surface area (Å²) in [7, 11) is 0. The Morgan fingerprint density at radius 1 is 1.17 bits per heavy atom. The van der Waals surface area contributed by atoms with Crippen LogP contribution in [0.5, 0.6) is 0 Å². The Labute approximate surface area is 178 Å². The Morgan fingerprint density at radius 2 is 1.90 bits per heavy atom. The molecule has 6 nitrogen and oxygen atoms in total. The molecule has 3 aliphatic rings. The van der Waals surface area contributed by atoms with E-state index in [-0.39, 0.29) is 29.3 Å². The number of carbonyl (C=O) groups is 1. The number of aliphatic hydroxyl groups excluding tert-OH is 2. The summed E-state index contributed by atoms with van der Waals surface area (Å²) in [6, 6.07) is 5.96. The molecule has 1 aromatic carbocycles. The molecule has 0 bridgehead atoms. The third-order valence-corrected chi connectivity index (χ3v) is 7.85. The SMILES string of the molecule is O=C(O)C1=CC2(CC[C@H]1SC1CCCc3cccc(Cl)c31)O[C@H](CO)[C@@H](CO)O2. The molecule has 1 spiro atoms. The lowest BCUT2D eigenvalue weighted by Crippen LogP contribution is -2.37. The molecule has 1 saturated heterocycles. The second-order valence-electron chi connectivity index (χ2n) is 7.75. The van der Waals surface area contributed by atoms with E-state index < -0.39 is 24.0 Å². The van der Waals surface area contributed by atoms with Gasteiger partial charge in [0.25, 0.3) is 0 Å². The van der Waals surface area contributed by atoms with Crippen molar-refractivity contribution in [3.63, 3.8) is 0 Å². The molecule has 1 aliphatic heterocycles. The number of aliphatic hydroxyl groups is 2. The number of hydrogen-bond acceptors (Lipinski definition) is 6. The van der Waals surface area contributed by atoms with E-state index in [4.69, 9.17) is 21.1 Å². The first-order valence-corrected chi connectivity index (χ1v) is 11.2. The van der Waals surface area contributed by atoms with Crippen molar-refractivity contribution in [2.24, 2.45) is 0 Å². The Morgan fingerprint density at radius 3 is 2.55 bits per heavy atom. The number of carboxylic acid groups (broad SMARTS) is 1. The van der Waals surface area contributed by atoms with Crippen LogP contribution in [0, 0.1) is 0 Å². The smallest absolute Gasteiger partial charge is 0.332 e. The standard InChI is InChI=1S/C21H25ClO6S/c22-14-5-1-3-12-4-2-6-18(19(12)14)29-17-7-8-21(9-13(17)20(25)26)27-15(10-23)16(11-24)28-21/h1,3,5,9,15-18,23-24H,2,4,6-8,10-11H2,(H,25,26)/t15-,16-,17-,18?/m1/s1. The van der Waals surface area contributed by atoms with Crippen LogP contribution in [-0.2, 0) is 20.7 Å². The van der Waals surface area contributed by atoms with Gasteiger partial charge >= 0.3 is 5.97 Å². The number of rotatable bonds is 5. The zero-order valence-corrected chi connectivity index (χ0v) is 17.5. The fraction of sp³-hybridized carbons (Fsp3) is 0.571. The zero-order chi connectivity index (χ0) is 20.6. The summed E-state index contributed by atoms with van der Waals surface area (Å²) in [4.78, 5) is 12.0. The third kappa shape index (κ3) is 4.09. The molecule has 2 aliphatic carbocycles. The van der Waals surface area contributed by atoms with Crippen LogP contribution in [0.4, 0.5) is 0 Å². The van der Waals surface area contributed by atoms with E-state index >= 15 is 0 Å². The molecule has 1 heterocycles. The molecule has 0 radical (unpaired) electrons. The Hall–Kier alpha value is -1.09. The van der Waals surface area contributed by atoms with Crippen molar-refractivity contribution >= 4 is 29.3 Å². The van der Waals surface area contributed by atoms with Gasteiger partial charge in [-0.15, -0.1) is 11.8 Å². The maximum Gasteiger partial charge on any atom is 0.332 e. The van der Waals surface area contributed by atoms with Crippen molar-refractivity contribution in [2.45, 2.75) is 60.6 Å². The molecule has 1 aromatic rings. The number of aliphatic carboxylic acids is 1. The van der Waals surface area contributed by atoms with Gasteiger partial charge in [0, 0.05) is 21.9 Å². The highest BCUT2D eigenvalue weighted by Crippen LogP contribution is 2.50. The van der Waals surface area contributed by atoms with Crippen molar-refractivity contribution in [1.29, 1.82) is 0 Å². The molecule has 1 fully saturated rings. The molecule has 1 unspecified atom stereocenters. The quantitative estimate of drug-likeness (QED) is 0.647. The topological polar surface area (TPSA) is 96.2 Å². The Bertz CT molecular complexity index is 800. The predicted octanol–water partition coefficient (Wildman–Crippen LogP) is 3.09. The molecule has 0 amide bonds. The minimum absolute atomic E-state index is 0.148. The lowest BCUT2D eigenvalue weighted by Gasteiger charge is -2.36. The summed E-state index contributed by atoms with van der Waals surface area (Å²) in [5, 5.41) is 29.5. The van der Waals surface area contributed by atoms with Gasteiger partial charge in [0.1, 0.15) is 12.2 Å². The number of fused-ring (bicyclic) bond motifs is 1. The summed E-state index contributed by atoms with van der Waals surface area (Å²) < 4.78 is 11.7. The highest BCUT2D eigenvalue weighted by Gasteiger charge is 2.49. The third-order valence-electron chi connectivity index (χ3n) is 5.91. The van der Waals surface area contributed by atoms with Gasteiger partial charge in [0.15, 0.2) is 5.79 Å². The second-order valence-corrected chi connectivity index (χ2v) is 9.57. The monoisotopic (exact) mass is 440 g/mol. The van der Waals surface area contributed by atoms with Crippen molar-refractivity contribution in [3.05, 3.63) is 46.0 Å². The Kier molecular flexibility index (Phi) is 6.25. The first-order valence-electron chi connectivity index (χ1n) is 9.92. The van der Waals surface area contributed by atoms with Crippen LogP contribution in [-0.4, -0.2) is 57.7 Å². The van der Waals surface area contributed by atoms with Crippen LogP contribution >= 0.6 is 23.4 Å². The van der Waals surface area contributed by atoms with Crippen molar-refractivity contribution in [3.8, 4) is 0 Å². The second kappa shape index (κ2) is 8.57. The van der Waals surface area contributed by atoms with Crippen LogP contribution in [0.25, 0.3) is 0 Å². The Balaban J connectivity index is 1.59. The number of thioether (sulfide) groups is 1. The number of ether oxygens (including phenoxy) is 2. The molecule has 29 heavy (non-hydrogen) atoms. The fourth-order valence-corrected chi connectivity index (χ4v) is 6.61. The van der Waals surface area contributed by atoms with E-state index in [0.29, 0.717) is 12.8 Å². The largest absolute Gasteiger partial charge is 0.478 e. The van der Waals surface area contributed by atoms with Gasteiger partial charge in [0.05, 0.1) is 18.8 Å². The number of aryl methyl sites for hydroxylation is 1. The van der Waals surface area contributed by atoms with Crippen molar-refractivity contribution in [2.75, 3.05) is 13.2 Å². The molecule has 8 heteroatoms. The lowest BCUT2D eigenvalue weighted by atomic mass is 9.91. The van der Waals surface area contributed by atoms with Crippen LogP contribution < -0.4 is 0 Å². The summed E-state index contributed by atoms with van der Waals surface area (Å²) in [6.07, 6.45) is 4.24. The van der Waals surface area contributed by atoms with E-state index in [1.54, 1.807) is 11.8 Å². The number of carboxylic acids is 1. The van der Waals surface area contributed by atoms with E-state index in [1.165, 1.54) is 11.6 Å². The summed E-state index contributed by atoms with van der Waals surface area (Å²) in [5.74, 6) is -2.20. The molecule has 0 saturated carbocycles. The van der Waals surface area contributed by atoms with Gasteiger partial charge in [-0.25, -0.2) is 4.79 Å². The van der Waals surface area contributed by atoms with Gasteiger partial charge in [-0.1, -0.05) is 23.7 Å². The van der Waals surface area contributed by atoms with E-state index in [0.717, 1.165) is 29.8 Å². The molecule has 4 rings (SSSR count).